The molecule has 0 saturated heterocycles. The van der Waals surface area contributed by atoms with Crippen LogP contribution in [0.2, 0.25) is 0 Å². The number of rotatable bonds is 7. The van der Waals surface area contributed by atoms with Crippen LogP contribution in [-0.4, -0.2) is 35.3 Å². The van der Waals surface area contributed by atoms with Crippen LogP contribution in [0.15, 0.2) is 86.1 Å². The second-order valence-corrected chi connectivity index (χ2v) is 9.64. The van der Waals surface area contributed by atoms with Crippen molar-refractivity contribution in [3.63, 3.8) is 0 Å². The van der Waals surface area contributed by atoms with Crippen molar-refractivity contribution in [2.45, 2.75) is 19.9 Å². The maximum atomic E-state index is 13.8. The lowest BCUT2D eigenvalue weighted by molar-refractivity contribution is -0.139. The first-order valence-electron chi connectivity index (χ1n) is 12.1. The number of thiazole rings is 1. The molecule has 9 nitrogen and oxygen atoms in total. The molecule has 0 aliphatic carbocycles. The standard InChI is InChI=1S/C29H24N2O7S/c1-4-37-28(35)24-16(2)30-29-31(25(24)17-8-7-9-18(14-17)36-3)26(32)23(39-29)15-19-12-13-22(38-19)20-10-5-6-11-21(20)27(33)34/h5-15,25H,4H2,1-3H3,(H,33,34)/b23-15-. The Balaban J connectivity index is 1.65. The van der Waals surface area contributed by atoms with Crippen molar-refractivity contribution in [2.24, 2.45) is 4.99 Å². The summed E-state index contributed by atoms with van der Waals surface area (Å²) >= 11 is 1.17. The molecule has 0 saturated carbocycles. The molecule has 2 aromatic carbocycles. The van der Waals surface area contributed by atoms with Gasteiger partial charge in [0.1, 0.15) is 17.3 Å². The van der Waals surface area contributed by atoms with Crippen molar-refractivity contribution in [1.29, 1.82) is 0 Å². The summed E-state index contributed by atoms with van der Waals surface area (Å²) in [4.78, 5) is 43.4. The zero-order chi connectivity index (χ0) is 27.7. The summed E-state index contributed by atoms with van der Waals surface area (Å²) in [5.41, 5.74) is 1.58. The van der Waals surface area contributed by atoms with Gasteiger partial charge in [-0.25, -0.2) is 14.6 Å². The van der Waals surface area contributed by atoms with Crippen LogP contribution in [-0.2, 0) is 9.53 Å². The number of furan rings is 1. The molecule has 4 aromatic rings. The van der Waals surface area contributed by atoms with Crippen LogP contribution in [0.1, 0.15) is 41.6 Å². The Morgan fingerprint density at radius 3 is 2.69 bits per heavy atom. The molecule has 39 heavy (non-hydrogen) atoms. The monoisotopic (exact) mass is 544 g/mol. The average molecular weight is 545 g/mol. The number of hydrogen-bond acceptors (Lipinski definition) is 8. The highest BCUT2D eigenvalue weighted by Crippen LogP contribution is 2.32. The molecule has 0 amide bonds. The molecule has 0 fully saturated rings. The van der Waals surface area contributed by atoms with Crippen molar-refractivity contribution in [3.8, 4) is 17.1 Å². The Morgan fingerprint density at radius 2 is 1.95 bits per heavy atom. The van der Waals surface area contributed by atoms with Gasteiger partial charge >= 0.3 is 11.9 Å². The Labute approximate surface area is 226 Å². The van der Waals surface area contributed by atoms with Gasteiger partial charge in [0.25, 0.3) is 5.56 Å². The fourth-order valence-corrected chi connectivity index (χ4v) is 5.53. The molecule has 10 heteroatoms. The summed E-state index contributed by atoms with van der Waals surface area (Å²) in [6.45, 7) is 3.61. The second-order valence-electron chi connectivity index (χ2n) is 8.63. The van der Waals surface area contributed by atoms with Crippen LogP contribution >= 0.6 is 11.3 Å². The zero-order valence-electron chi connectivity index (χ0n) is 21.3. The minimum Gasteiger partial charge on any atom is -0.497 e. The topological polar surface area (TPSA) is 120 Å². The molecule has 0 spiro atoms. The first kappa shape index (κ1) is 25.9. The number of aromatic nitrogens is 1. The number of esters is 1. The number of carbonyl (C=O) groups excluding carboxylic acids is 1. The second kappa shape index (κ2) is 10.6. The SMILES string of the molecule is CCOC(=O)C1=C(C)N=c2s/c(=C\c3ccc(-c4ccccc4C(=O)O)o3)c(=O)n2C1c1cccc(OC)c1. The number of nitrogens with zero attached hydrogens (tertiary/aromatic N) is 2. The van der Waals surface area contributed by atoms with Crippen LogP contribution in [0, 0.1) is 0 Å². The van der Waals surface area contributed by atoms with Gasteiger partial charge in [-0.1, -0.05) is 41.7 Å². The third-order valence-electron chi connectivity index (χ3n) is 6.25. The quantitative estimate of drug-likeness (QED) is 0.352. The number of carbonyl (C=O) groups is 2. The van der Waals surface area contributed by atoms with Crippen molar-refractivity contribution >= 4 is 29.4 Å². The van der Waals surface area contributed by atoms with E-state index in [4.69, 9.17) is 13.9 Å². The number of benzene rings is 2. The van der Waals surface area contributed by atoms with E-state index in [-0.39, 0.29) is 23.3 Å². The highest BCUT2D eigenvalue weighted by molar-refractivity contribution is 7.07. The number of aromatic carboxylic acids is 1. The molecule has 3 heterocycles. The van der Waals surface area contributed by atoms with E-state index in [1.165, 1.54) is 22.0 Å². The first-order chi connectivity index (χ1) is 18.8. The molecule has 0 radical (unpaired) electrons. The van der Waals surface area contributed by atoms with Gasteiger partial charge in [-0.2, -0.15) is 0 Å². The molecule has 1 aliphatic heterocycles. The maximum absolute atomic E-state index is 13.8. The molecule has 5 rings (SSSR count). The zero-order valence-corrected chi connectivity index (χ0v) is 22.2. The molecule has 2 aromatic heterocycles. The third kappa shape index (κ3) is 4.82. The van der Waals surface area contributed by atoms with Gasteiger partial charge in [0.15, 0.2) is 4.80 Å². The minimum atomic E-state index is -1.07. The highest BCUT2D eigenvalue weighted by Gasteiger charge is 2.33. The van der Waals surface area contributed by atoms with E-state index in [9.17, 15) is 19.5 Å². The van der Waals surface area contributed by atoms with Gasteiger partial charge in [0, 0.05) is 11.6 Å². The smallest absolute Gasteiger partial charge is 0.338 e. The van der Waals surface area contributed by atoms with Crippen molar-refractivity contribution < 1.29 is 28.6 Å². The fraction of sp³-hybridized carbons (Fsp3) is 0.172. The van der Waals surface area contributed by atoms with Gasteiger partial charge in [-0.05, 0) is 49.7 Å². The number of hydrogen-bond donors (Lipinski definition) is 1. The molecule has 198 valence electrons. The van der Waals surface area contributed by atoms with Gasteiger partial charge < -0.3 is 19.0 Å². The Hall–Kier alpha value is -4.70. The summed E-state index contributed by atoms with van der Waals surface area (Å²) in [5.74, 6) is -0.301. The van der Waals surface area contributed by atoms with E-state index >= 15 is 0 Å². The molecular weight excluding hydrogens is 520 g/mol. The molecule has 1 aliphatic rings. The van der Waals surface area contributed by atoms with Crippen LogP contribution in [0.25, 0.3) is 17.4 Å². The molecule has 1 atom stereocenters. The van der Waals surface area contributed by atoms with Crippen LogP contribution in [0.3, 0.4) is 0 Å². The average Bonchev–Trinajstić information content (AvgIpc) is 3.52. The van der Waals surface area contributed by atoms with E-state index in [0.29, 0.717) is 43.4 Å². The Bertz CT molecular complexity index is 1810. The largest absolute Gasteiger partial charge is 0.497 e. The van der Waals surface area contributed by atoms with E-state index < -0.39 is 18.0 Å². The molecule has 1 unspecified atom stereocenters. The summed E-state index contributed by atoms with van der Waals surface area (Å²) in [6, 6.07) is 16.3. The number of carboxylic acid groups (broad SMARTS) is 1. The maximum Gasteiger partial charge on any atom is 0.338 e. The number of ether oxygens (including phenoxy) is 2. The van der Waals surface area contributed by atoms with E-state index in [0.717, 1.165) is 0 Å². The highest BCUT2D eigenvalue weighted by atomic mass is 32.1. The van der Waals surface area contributed by atoms with Crippen LogP contribution < -0.4 is 19.6 Å². The lowest BCUT2D eigenvalue weighted by Gasteiger charge is -2.24. The predicted molar refractivity (Wildman–Crippen MR) is 144 cm³/mol. The summed E-state index contributed by atoms with van der Waals surface area (Å²) < 4.78 is 18.4. The van der Waals surface area contributed by atoms with E-state index in [2.05, 4.69) is 4.99 Å². The normalized spacial score (nSPS) is 15.1. The predicted octanol–water partition coefficient (Wildman–Crippen LogP) is 3.77. The van der Waals surface area contributed by atoms with Crippen molar-refractivity contribution in [1.82, 2.24) is 4.57 Å². The number of methoxy groups -OCH3 is 1. The van der Waals surface area contributed by atoms with E-state index in [1.807, 2.05) is 6.07 Å². The Morgan fingerprint density at radius 1 is 1.15 bits per heavy atom. The summed E-state index contributed by atoms with van der Waals surface area (Å²) in [6.07, 6.45) is 1.59. The third-order valence-corrected chi connectivity index (χ3v) is 7.23. The number of allylic oxidation sites excluding steroid dienone is 1. The molecule has 1 N–H and O–H groups in total. The van der Waals surface area contributed by atoms with Gasteiger partial charge in [0.05, 0.1) is 41.1 Å². The van der Waals surface area contributed by atoms with E-state index in [1.54, 1.807) is 75.6 Å². The van der Waals surface area contributed by atoms with Crippen LogP contribution in [0.4, 0.5) is 0 Å². The van der Waals surface area contributed by atoms with Gasteiger partial charge in [-0.3, -0.25) is 9.36 Å². The van der Waals surface area contributed by atoms with Crippen molar-refractivity contribution in [2.75, 3.05) is 13.7 Å². The first-order valence-corrected chi connectivity index (χ1v) is 12.9. The number of fused-ring (bicyclic) bond motifs is 1. The lowest BCUT2D eigenvalue weighted by Crippen LogP contribution is -2.39. The van der Waals surface area contributed by atoms with Gasteiger partial charge in [-0.15, -0.1) is 0 Å². The van der Waals surface area contributed by atoms with Crippen molar-refractivity contribution in [3.05, 3.63) is 109 Å². The summed E-state index contributed by atoms with van der Waals surface area (Å²) in [7, 11) is 1.55. The Kier molecular flexibility index (Phi) is 7.03. The summed E-state index contributed by atoms with van der Waals surface area (Å²) in [5, 5.41) is 9.52. The molecule has 0 bridgehead atoms. The fourth-order valence-electron chi connectivity index (χ4n) is 4.51. The van der Waals surface area contributed by atoms with Gasteiger partial charge in [0.2, 0.25) is 0 Å². The van der Waals surface area contributed by atoms with Crippen LogP contribution in [0.5, 0.6) is 5.75 Å². The number of carboxylic acids is 1. The lowest BCUT2D eigenvalue weighted by atomic mass is 9.95. The minimum absolute atomic E-state index is 0.109. The molecular formula is C29H24N2O7S.